The molecule has 1 amide bonds. The average molecular weight is 288 g/mol. The van der Waals surface area contributed by atoms with Crippen molar-refractivity contribution in [3.05, 3.63) is 0 Å². The number of carbonyl (C=O) groups excluding carboxylic acids is 1. The van der Waals surface area contributed by atoms with Crippen molar-refractivity contribution in [3.8, 4) is 0 Å². The Kier molecular flexibility index (Phi) is 8.54. The lowest BCUT2D eigenvalue weighted by Gasteiger charge is -2.20. The number of rotatable bonds is 10. The number of hydrogen-bond donors (Lipinski definition) is 4. The van der Waals surface area contributed by atoms with Crippen molar-refractivity contribution in [2.24, 2.45) is 17.6 Å². The van der Waals surface area contributed by atoms with Gasteiger partial charge in [-0.25, -0.2) is 4.79 Å². The molecule has 2 atom stereocenters. The second kappa shape index (κ2) is 9.30. The van der Waals surface area contributed by atoms with Gasteiger partial charge in [-0.2, -0.15) is 0 Å². The summed E-state index contributed by atoms with van der Waals surface area (Å²) in [5, 5.41) is 19.6. The van der Waals surface area contributed by atoms with Crippen molar-refractivity contribution < 1.29 is 24.6 Å². The zero-order chi connectivity index (χ0) is 15.7. The fourth-order valence-corrected chi connectivity index (χ4v) is 1.98. The van der Waals surface area contributed by atoms with Gasteiger partial charge in [0.15, 0.2) is 0 Å². The van der Waals surface area contributed by atoms with E-state index in [1.165, 1.54) is 0 Å². The van der Waals surface area contributed by atoms with Crippen LogP contribution in [-0.2, 0) is 14.4 Å². The standard InChI is InChI=1S/C13H24N2O5/c1-8(2)9(5-6-14)3-4-11(16)15-10(13(19)20)7-12(17)18/h8-10H,3-7,14H2,1-2H3,(H,15,16)(H,17,18)(H,19,20). The Balaban J connectivity index is 4.31. The molecule has 2 unspecified atom stereocenters. The van der Waals surface area contributed by atoms with E-state index < -0.39 is 30.3 Å². The molecular weight excluding hydrogens is 264 g/mol. The molecule has 20 heavy (non-hydrogen) atoms. The molecule has 7 heteroatoms. The predicted molar refractivity (Wildman–Crippen MR) is 73.1 cm³/mol. The van der Waals surface area contributed by atoms with Gasteiger partial charge >= 0.3 is 11.9 Å². The quantitative estimate of drug-likeness (QED) is 0.461. The molecule has 0 aliphatic heterocycles. The summed E-state index contributed by atoms with van der Waals surface area (Å²) < 4.78 is 0. The second-order valence-electron chi connectivity index (χ2n) is 5.18. The molecule has 0 aromatic rings. The maximum atomic E-state index is 11.7. The van der Waals surface area contributed by atoms with Crippen LogP contribution < -0.4 is 11.1 Å². The van der Waals surface area contributed by atoms with E-state index in [4.69, 9.17) is 15.9 Å². The first kappa shape index (κ1) is 18.4. The maximum absolute atomic E-state index is 11.7. The highest BCUT2D eigenvalue weighted by molar-refractivity contribution is 5.86. The van der Waals surface area contributed by atoms with E-state index in [9.17, 15) is 14.4 Å². The van der Waals surface area contributed by atoms with Gasteiger partial charge in [0.25, 0.3) is 0 Å². The molecule has 0 bridgehead atoms. The van der Waals surface area contributed by atoms with E-state index in [0.717, 1.165) is 6.42 Å². The fraction of sp³-hybridized carbons (Fsp3) is 0.769. The van der Waals surface area contributed by atoms with Crippen molar-refractivity contribution in [2.45, 2.75) is 45.6 Å². The highest BCUT2D eigenvalue weighted by Crippen LogP contribution is 2.20. The lowest BCUT2D eigenvalue weighted by Crippen LogP contribution is -2.42. The third-order valence-corrected chi connectivity index (χ3v) is 3.23. The molecule has 5 N–H and O–H groups in total. The van der Waals surface area contributed by atoms with Gasteiger partial charge in [0, 0.05) is 6.42 Å². The number of aliphatic carboxylic acids is 2. The van der Waals surface area contributed by atoms with Crippen LogP contribution >= 0.6 is 0 Å². The monoisotopic (exact) mass is 288 g/mol. The molecule has 0 fully saturated rings. The summed E-state index contributed by atoms with van der Waals surface area (Å²) in [4.78, 5) is 33.0. The predicted octanol–water partition coefficient (Wildman–Crippen LogP) is 0.432. The Labute approximate surface area is 118 Å². The fourth-order valence-electron chi connectivity index (χ4n) is 1.98. The Bertz CT molecular complexity index is 344. The zero-order valence-electron chi connectivity index (χ0n) is 12.0. The van der Waals surface area contributed by atoms with Gasteiger partial charge < -0.3 is 21.3 Å². The van der Waals surface area contributed by atoms with Crippen molar-refractivity contribution in [1.29, 1.82) is 0 Å². The molecule has 0 rings (SSSR count). The smallest absolute Gasteiger partial charge is 0.326 e. The number of carboxylic acids is 2. The van der Waals surface area contributed by atoms with Crippen LogP contribution in [0.3, 0.4) is 0 Å². The molecular formula is C13H24N2O5. The van der Waals surface area contributed by atoms with Crippen molar-refractivity contribution >= 4 is 17.8 Å². The van der Waals surface area contributed by atoms with Gasteiger partial charge in [0.1, 0.15) is 6.04 Å². The van der Waals surface area contributed by atoms with Crippen LogP contribution in [0, 0.1) is 11.8 Å². The molecule has 0 aliphatic carbocycles. The average Bonchev–Trinajstić information content (AvgIpc) is 2.32. The van der Waals surface area contributed by atoms with E-state index >= 15 is 0 Å². The summed E-state index contributed by atoms with van der Waals surface area (Å²) in [5.41, 5.74) is 5.51. The van der Waals surface area contributed by atoms with Gasteiger partial charge in [0.05, 0.1) is 6.42 Å². The van der Waals surface area contributed by atoms with Crippen molar-refractivity contribution in [2.75, 3.05) is 6.54 Å². The summed E-state index contributed by atoms with van der Waals surface area (Å²) in [7, 11) is 0. The molecule has 0 saturated carbocycles. The number of amides is 1. The van der Waals surface area contributed by atoms with Gasteiger partial charge in [-0.05, 0) is 31.2 Å². The molecule has 0 heterocycles. The first-order chi connectivity index (χ1) is 9.27. The third kappa shape index (κ3) is 7.73. The minimum Gasteiger partial charge on any atom is -0.481 e. The van der Waals surface area contributed by atoms with Gasteiger partial charge in [-0.3, -0.25) is 9.59 Å². The second-order valence-corrected chi connectivity index (χ2v) is 5.18. The molecule has 0 radical (unpaired) electrons. The summed E-state index contributed by atoms with van der Waals surface area (Å²) in [6.45, 7) is 4.63. The topological polar surface area (TPSA) is 130 Å². The molecule has 0 aromatic carbocycles. The highest BCUT2D eigenvalue weighted by Gasteiger charge is 2.23. The summed E-state index contributed by atoms with van der Waals surface area (Å²) in [6.07, 6.45) is 0.965. The van der Waals surface area contributed by atoms with Gasteiger partial charge in [0.2, 0.25) is 5.91 Å². The summed E-state index contributed by atoms with van der Waals surface area (Å²) in [5.74, 6) is -2.36. The third-order valence-electron chi connectivity index (χ3n) is 3.23. The molecule has 0 spiro atoms. The Morgan fingerprint density at radius 3 is 2.15 bits per heavy atom. The van der Waals surface area contributed by atoms with E-state index in [-0.39, 0.29) is 6.42 Å². The van der Waals surface area contributed by atoms with Crippen LogP contribution in [0.15, 0.2) is 0 Å². The molecule has 0 saturated heterocycles. The summed E-state index contributed by atoms with van der Waals surface area (Å²) >= 11 is 0. The van der Waals surface area contributed by atoms with E-state index in [1.54, 1.807) is 0 Å². The number of nitrogens with one attached hydrogen (secondary N) is 1. The summed E-state index contributed by atoms with van der Waals surface area (Å²) in [6, 6.07) is -1.38. The van der Waals surface area contributed by atoms with Crippen molar-refractivity contribution in [3.63, 3.8) is 0 Å². The number of carbonyl (C=O) groups is 3. The number of carboxylic acid groups (broad SMARTS) is 2. The minimum absolute atomic E-state index is 0.173. The zero-order valence-corrected chi connectivity index (χ0v) is 12.0. The molecule has 0 aromatic heterocycles. The maximum Gasteiger partial charge on any atom is 0.326 e. The largest absolute Gasteiger partial charge is 0.481 e. The van der Waals surface area contributed by atoms with Crippen molar-refractivity contribution in [1.82, 2.24) is 5.32 Å². The van der Waals surface area contributed by atoms with E-state index in [0.29, 0.717) is 24.8 Å². The van der Waals surface area contributed by atoms with E-state index in [2.05, 4.69) is 5.32 Å². The number of hydrogen-bond acceptors (Lipinski definition) is 4. The lowest BCUT2D eigenvalue weighted by molar-refractivity contribution is -0.147. The SMILES string of the molecule is CC(C)C(CCN)CCC(=O)NC(CC(=O)O)C(=O)O. The Hall–Kier alpha value is -1.63. The molecule has 116 valence electrons. The van der Waals surface area contributed by atoms with Crippen LogP contribution in [0.2, 0.25) is 0 Å². The Morgan fingerprint density at radius 1 is 1.15 bits per heavy atom. The normalized spacial score (nSPS) is 13.8. The van der Waals surface area contributed by atoms with Crippen LogP contribution in [0.25, 0.3) is 0 Å². The minimum atomic E-state index is -1.38. The van der Waals surface area contributed by atoms with Crippen LogP contribution in [0.5, 0.6) is 0 Å². The number of nitrogens with two attached hydrogens (primary N) is 1. The highest BCUT2D eigenvalue weighted by atomic mass is 16.4. The molecule has 7 nitrogen and oxygen atoms in total. The first-order valence-electron chi connectivity index (χ1n) is 6.72. The first-order valence-corrected chi connectivity index (χ1v) is 6.72. The van der Waals surface area contributed by atoms with Crippen LogP contribution in [-0.4, -0.2) is 40.6 Å². The van der Waals surface area contributed by atoms with Gasteiger partial charge in [-0.1, -0.05) is 13.8 Å². The van der Waals surface area contributed by atoms with Crippen LogP contribution in [0.1, 0.15) is 39.5 Å². The van der Waals surface area contributed by atoms with Crippen LogP contribution in [0.4, 0.5) is 0 Å². The lowest BCUT2D eigenvalue weighted by atomic mass is 9.88. The van der Waals surface area contributed by atoms with E-state index in [1.807, 2.05) is 13.8 Å². The molecule has 0 aliphatic rings. The van der Waals surface area contributed by atoms with Gasteiger partial charge in [-0.15, -0.1) is 0 Å². The Morgan fingerprint density at radius 2 is 1.75 bits per heavy atom.